The smallest absolute Gasteiger partial charge is 0.243 e. The van der Waals surface area contributed by atoms with E-state index >= 15 is 0 Å². The molecule has 1 aromatic rings. The molecule has 2 rings (SSSR count). The van der Waals surface area contributed by atoms with Crippen LogP contribution in [0, 0.1) is 11.8 Å². The quantitative estimate of drug-likeness (QED) is 0.0975. The van der Waals surface area contributed by atoms with Crippen molar-refractivity contribution >= 4 is 70.8 Å². The van der Waals surface area contributed by atoms with Gasteiger partial charge in [-0.05, 0) is 73.1 Å². The first-order chi connectivity index (χ1) is 32.2. The molecule has 0 bridgehead atoms. The molecule has 22 heteroatoms. The van der Waals surface area contributed by atoms with Gasteiger partial charge >= 0.3 is 0 Å². The van der Waals surface area contributed by atoms with Crippen molar-refractivity contribution in [2.75, 3.05) is 25.2 Å². The van der Waals surface area contributed by atoms with Gasteiger partial charge in [0.15, 0.2) is 0 Å². The third-order valence-corrected chi connectivity index (χ3v) is 12.4. The maximum atomic E-state index is 14.2. The Hall–Kier alpha value is -5.93. The molecule has 21 nitrogen and oxygen atoms in total. The number of carbonyl (C=O) groups is 10. The van der Waals surface area contributed by atoms with E-state index in [0.29, 0.717) is 42.7 Å². The molecule has 68 heavy (non-hydrogen) atoms. The van der Waals surface area contributed by atoms with Gasteiger partial charge in [0.1, 0.15) is 42.0 Å². The fraction of sp³-hybridized carbons (Fsp3) is 0.652. The van der Waals surface area contributed by atoms with Crippen LogP contribution in [0.3, 0.4) is 0 Å². The summed E-state index contributed by atoms with van der Waals surface area (Å²) in [7, 11) is 1.52. The van der Waals surface area contributed by atoms with E-state index in [-0.39, 0.29) is 43.9 Å². The molecule has 1 aliphatic heterocycles. The Bertz CT molecular complexity index is 1870. The lowest BCUT2D eigenvalue weighted by atomic mass is 9.96. The van der Waals surface area contributed by atoms with Crippen molar-refractivity contribution in [1.29, 1.82) is 0 Å². The zero-order valence-corrected chi connectivity index (χ0v) is 40.9. The van der Waals surface area contributed by atoms with Crippen molar-refractivity contribution < 1.29 is 52.7 Å². The molecule has 1 aliphatic rings. The van der Waals surface area contributed by atoms with Gasteiger partial charge < -0.3 is 59.2 Å². The average Bonchev–Trinajstić information content (AvgIpc) is 3.28. The Morgan fingerprint density at radius 3 is 1.97 bits per heavy atom. The van der Waals surface area contributed by atoms with Crippen molar-refractivity contribution in [1.82, 2.24) is 37.2 Å². The summed E-state index contributed by atoms with van der Waals surface area (Å²) in [6.45, 7) is 6.68. The minimum atomic E-state index is -1.68. The molecular formula is C46H74N10O11S. The van der Waals surface area contributed by atoms with E-state index in [1.165, 1.54) is 7.11 Å². The van der Waals surface area contributed by atoms with Crippen LogP contribution in [0.4, 0.5) is 0 Å². The summed E-state index contributed by atoms with van der Waals surface area (Å²) < 4.78 is 5.26. The summed E-state index contributed by atoms with van der Waals surface area (Å²) in [6, 6.07) is -1.01. The predicted molar refractivity (Wildman–Crippen MR) is 256 cm³/mol. The summed E-state index contributed by atoms with van der Waals surface area (Å²) in [4.78, 5) is 132. The zero-order valence-electron chi connectivity index (χ0n) is 40.1. The van der Waals surface area contributed by atoms with Crippen LogP contribution in [-0.2, 0) is 54.4 Å². The van der Waals surface area contributed by atoms with E-state index in [1.807, 2.05) is 13.8 Å². The number of carbonyl (C=O) groups excluding carboxylic acids is 10. The minimum absolute atomic E-state index is 0.0749. The summed E-state index contributed by atoms with van der Waals surface area (Å²) >= 11 is 1.70. The number of hydrogen-bond acceptors (Lipinski definition) is 12. The number of amides is 10. The number of hydrogen-bond donors (Lipinski definition) is 10. The summed E-state index contributed by atoms with van der Waals surface area (Å²) in [5.74, 6) is -6.31. The second-order valence-corrected chi connectivity index (χ2v) is 18.8. The molecule has 13 N–H and O–H groups in total. The molecule has 1 heterocycles. The lowest BCUT2D eigenvalue weighted by molar-refractivity contribution is -0.137. The van der Waals surface area contributed by atoms with Crippen molar-refractivity contribution in [3.05, 3.63) is 29.8 Å². The Labute approximate surface area is 403 Å². The number of rotatable bonds is 17. The fourth-order valence-electron chi connectivity index (χ4n) is 7.26. The van der Waals surface area contributed by atoms with E-state index in [2.05, 4.69) is 37.2 Å². The van der Waals surface area contributed by atoms with E-state index in [9.17, 15) is 47.9 Å². The van der Waals surface area contributed by atoms with Gasteiger partial charge in [0.05, 0.1) is 20.1 Å². The van der Waals surface area contributed by atoms with Crippen LogP contribution in [0.2, 0.25) is 0 Å². The molecule has 0 saturated carbocycles. The molecule has 1 saturated heterocycles. The number of nitrogens with one attached hydrogen (secondary N) is 7. The second kappa shape index (κ2) is 31.2. The first-order valence-electron chi connectivity index (χ1n) is 23.4. The fourth-order valence-corrected chi connectivity index (χ4v) is 8.22. The molecule has 380 valence electrons. The Morgan fingerprint density at radius 1 is 0.735 bits per heavy atom. The number of benzene rings is 1. The standard InChI is InChI=1S/C46H74N10O11S/c1-6-28(4)40-46(66)53-32(19-20-36(47)57)43(63)55-35(25-37(48)58)44(64)52-31(42(62)54-33(23-27(2)3)41(61)50-26-38(49)59)13-10-8-7-9-11-21-68-22-12-14-39(60)51-34(45(65)56-40)24-29-15-17-30(67-5)18-16-29/h15-18,27-28,31-35,40H,6-14,19-26H2,1-5H3,(H2,47,57)(H2,48,58)(H2,49,59)(H,50,61)(H,51,60)(H,52,64)(H,53,66)(H,54,62)(H,55,63)(H,56,65)/t28-,31-,32-,33-,34-,35-,40-/m0/s1. The molecule has 0 radical (unpaired) electrons. The van der Waals surface area contributed by atoms with Gasteiger partial charge in [0, 0.05) is 19.3 Å². The van der Waals surface area contributed by atoms with Gasteiger partial charge in [0.25, 0.3) is 0 Å². The summed E-state index contributed by atoms with van der Waals surface area (Å²) in [6.07, 6.45) is 3.65. The van der Waals surface area contributed by atoms with Crippen molar-refractivity contribution in [2.24, 2.45) is 29.0 Å². The van der Waals surface area contributed by atoms with Crippen LogP contribution in [0.25, 0.3) is 0 Å². The normalized spacial score (nSPS) is 22.1. The van der Waals surface area contributed by atoms with Gasteiger partial charge in [-0.1, -0.05) is 71.9 Å². The van der Waals surface area contributed by atoms with Gasteiger partial charge in [-0.3, -0.25) is 47.9 Å². The van der Waals surface area contributed by atoms with Crippen LogP contribution in [0.5, 0.6) is 5.75 Å². The van der Waals surface area contributed by atoms with Crippen molar-refractivity contribution in [3.8, 4) is 5.75 Å². The average molecular weight is 975 g/mol. The Morgan fingerprint density at radius 2 is 1.35 bits per heavy atom. The maximum Gasteiger partial charge on any atom is 0.243 e. The predicted octanol–water partition coefficient (Wildman–Crippen LogP) is -0.151. The Kier molecular flexibility index (Phi) is 26.7. The summed E-state index contributed by atoms with van der Waals surface area (Å²) in [5.41, 5.74) is 16.9. The highest BCUT2D eigenvalue weighted by Gasteiger charge is 2.35. The highest BCUT2D eigenvalue weighted by atomic mass is 32.2. The largest absolute Gasteiger partial charge is 0.497 e. The van der Waals surface area contributed by atoms with Crippen LogP contribution >= 0.6 is 11.8 Å². The first kappa shape index (κ1) is 58.2. The molecule has 10 amide bonds. The van der Waals surface area contributed by atoms with Gasteiger partial charge in [-0.2, -0.15) is 11.8 Å². The van der Waals surface area contributed by atoms with Gasteiger partial charge in [-0.15, -0.1) is 0 Å². The van der Waals surface area contributed by atoms with Crippen LogP contribution < -0.4 is 59.2 Å². The number of nitrogens with two attached hydrogens (primary N) is 3. The highest BCUT2D eigenvalue weighted by molar-refractivity contribution is 7.99. The lowest BCUT2D eigenvalue weighted by Crippen LogP contribution is -2.61. The monoisotopic (exact) mass is 975 g/mol. The third-order valence-electron chi connectivity index (χ3n) is 11.3. The molecule has 0 unspecified atom stereocenters. The molecule has 1 fully saturated rings. The van der Waals surface area contributed by atoms with E-state index in [4.69, 9.17) is 21.9 Å². The molecule has 0 spiro atoms. The summed E-state index contributed by atoms with van der Waals surface area (Å²) in [5, 5.41) is 18.3. The van der Waals surface area contributed by atoms with E-state index in [1.54, 1.807) is 49.9 Å². The Balaban J connectivity index is 2.55. The number of methoxy groups -OCH3 is 1. The molecular weight excluding hydrogens is 901 g/mol. The highest BCUT2D eigenvalue weighted by Crippen LogP contribution is 2.17. The van der Waals surface area contributed by atoms with Crippen LogP contribution in [0.15, 0.2) is 24.3 Å². The van der Waals surface area contributed by atoms with Crippen LogP contribution in [0.1, 0.15) is 117 Å². The molecule has 0 aliphatic carbocycles. The zero-order chi connectivity index (χ0) is 50.8. The third kappa shape index (κ3) is 22.7. The lowest BCUT2D eigenvalue weighted by Gasteiger charge is -2.29. The van der Waals surface area contributed by atoms with Crippen LogP contribution in [-0.4, -0.2) is 120 Å². The van der Waals surface area contributed by atoms with Crippen molar-refractivity contribution in [3.63, 3.8) is 0 Å². The minimum Gasteiger partial charge on any atom is -0.497 e. The van der Waals surface area contributed by atoms with Crippen molar-refractivity contribution in [2.45, 2.75) is 154 Å². The van der Waals surface area contributed by atoms with Gasteiger partial charge in [-0.25, -0.2) is 0 Å². The molecule has 0 aromatic heterocycles. The van der Waals surface area contributed by atoms with E-state index < -0.39 is 115 Å². The SMILES string of the molecule is CC[C@H](C)[C@@H]1NC(=O)[C@H](Cc2ccc(OC)cc2)NC(=O)CCCSCCCCCCC[C@@H](C(=O)N[C@@H](CC(C)C)C(=O)NCC(N)=O)NC(=O)[C@H](CC(N)=O)NC(=O)[C@H](CCC(N)=O)NC1=O. The molecule has 7 atom stereocenters. The maximum absolute atomic E-state index is 14.2. The number of ether oxygens (including phenoxy) is 1. The molecule has 1 aromatic carbocycles. The van der Waals surface area contributed by atoms with E-state index in [0.717, 1.165) is 25.0 Å². The second-order valence-electron chi connectivity index (χ2n) is 17.6. The topological polar surface area (TPSA) is 342 Å². The number of primary amides is 3. The van der Waals surface area contributed by atoms with Gasteiger partial charge in [0.2, 0.25) is 59.1 Å². The number of thioether (sulfide) groups is 1. The first-order valence-corrected chi connectivity index (χ1v) is 24.5.